The number of alkyl halides is 2. The second kappa shape index (κ2) is 7.84. The molecule has 5 heterocycles. The number of anilines is 2. The van der Waals surface area contributed by atoms with E-state index in [4.69, 9.17) is 4.74 Å². The number of ether oxygens (including phenoxy) is 1. The lowest BCUT2D eigenvalue weighted by atomic mass is 10.1. The average Bonchev–Trinajstić information content (AvgIpc) is 3.22. The molecule has 1 aliphatic heterocycles. The molecule has 31 heavy (non-hydrogen) atoms. The van der Waals surface area contributed by atoms with Gasteiger partial charge < -0.3 is 15.0 Å². The number of morpholine rings is 1. The van der Waals surface area contributed by atoms with Gasteiger partial charge in [-0.2, -0.15) is 0 Å². The van der Waals surface area contributed by atoms with Crippen molar-refractivity contribution in [2.75, 3.05) is 36.5 Å². The normalized spacial score (nSPS) is 14.5. The Kier molecular flexibility index (Phi) is 4.86. The molecule has 0 atom stereocenters. The van der Waals surface area contributed by atoms with Crippen molar-refractivity contribution in [1.29, 1.82) is 0 Å². The third kappa shape index (κ3) is 3.52. The van der Waals surface area contributed by atoms with Gasteiger partial charge in [0.1, 0.15) is 11.5 Å². The molecule has 1 fully saturated rings. The monoisotopic (exact) mass is 425 g/mol. The second-order valence-corrected chi connectivity index (χ2v) is 6.96. The fourth-order valence-corrected chi connectivity index (χ4v) is 3.64. The summed E-state index contributed by atoms with van der Waals surface area (Å²) in [5, 5.41) is 7.59. The number of rotatable bonds is 5. The highest BCUT2D eigenvalue weighted by Gasteiger charge is 2.20. The Bertz CT molecular complexity index is 1270. The summed E-state index contributed by atoms with van der Waals surface area (Å²) in [6.07, 6.45) is 2.17. The van der Waals surface area contributed by atoms with Gasteiger partial charge in [-0.25, -0.2) is 23.3 Å². The molecule has 1 amide bonds. The summed E-state index contributed by atoms with van der Waals surface area (Å²) >= 11 is 0. The molecular weight excluding hydrogens is 408 g/mol. The van der Waals surface area contributed by atoms with Crippen LogP contribution in [0, 0.1) is 0 Å². The molecule has 0 unspecified atom stereocenters. The highest BCUT2D eigenvalue weighted by atomic mass is 19.3. The molecule has 4 aromatic rings. The van der Waals surface area contributed by atoms with Gasteiger partial charge in [-0.15, -0.1) is 5.10 Å². The average molecular weight is 425 g/mol. The molecule has 0 radical (unpaired) electrons. The zero-order chi connectivity index (χ0) is 21.4. The number of carbonyl (C=O) groups is 1. The largest absolute Gasteiger partial charge is 0.378 e. The first-order valence-electron chi connectivity index (χ1n) is 9.60. The van der Waals surface area contributed by atoms with Gasteiger partial charge in [0, 0.05) is 41.8 Å². The van der Waals surface area contributed by atoms with Crippen molar-refractivity contribution in [1.82, 2.24) is 24.6 Å². The van der Waals surface area contributed by atoms with E-state index in [0.29, 0.717) is 42.0 Å². The molecule has 1 saturated heterocycles. The van der Waals surface area contributed by atoms with Crippen LogP contribution >= 0.6 is 0 Å². The van der Waals surface area contributed by atoms with E-state index in [2.05, 4.69) is 30.3 Å². The summed E-state index contributed by atoms with van der Waals surface area (Å²) in [7, 11) is 0. The highest BCUT2D eigenvalue weighted by molar-refractivity contribution is 5.97. The smallest absolute Gasteiger partial charge is 0.281 e. The first-order chi connectivity index (χ1) is 15.1. The summed E-state index contributed by atoms with van der Waals surface area (Å²) < 4.78 is 34.0. The van der Waals surface area contributed by atoms with Crippen LogP contribution < -0.4 is 10.2 Å². The first-order valence-corrected chi connectivity index (χ1v) is 9.60. The zero-order valence-electron chi connectivity index (χ0n) is 16.2. The van der Waals surface area contributed by atoms with Gasteiger partial charge in [0.25, 0.3) is 6.43 Å². The molecule has 1 aliphatic rings. The number of fused-ring (bicyclic) bond motifs is 2. The van der Waals surface area contributed by atoms with Crippen LogP contribution in [0.3, 0.4) is 0 Å². The molecular formula is C20H17F2N7O2. The maximum absolute atomic E-state index is 13.5. The minimum absolute atomic E-state index is 0.178. The van der Waals surface area contributed by atoms with Crippen molar-refractivity contribution in [2.45, 2.75) is 6.43 Å². The maximum atomic E-state index is 13.5. The minimum atomic E-state index is -2.77. The van der Waals surface area contributed by atoms with Crippen LogP contribution in [0.2, 0.25) is 0 Å². The standard InChI is InChI=1S/C20H17F2N7O2/c21-19(22)18-14-8-23-16(25-11-30)7-13(14)15(9-24-18)20-26-17-2-1-12(10-29(17)27-20)28-3-5-31-6-4-28/h1-2,7-11,19H,3-6H2,(H,23,25,30). The Balaban J connectivity index is 1.63. The zero-order valence-corrected chi connectivity index (χ0v) is 16.2. The van der Waals surface area contributed by atoms with Crippen LogP contribution in [-0.4, -0.2) is 57.3 Å². The Labute approximate surface area is 174 Å². The number of halogens is 2. The van der Waals surface area contributed by atoms with Gasteiger partial charge in [0.05, 0.1) is 25.1 Å². The fraction of sp³-hybridized carbons (Fsp3) is 0.250. The lowest BCUT2D eigenvalue weighted by molar-refractivity contribution is -0.105. The molecule has 4 aromatic heterocycles. The van der Waals surface area contributed by atoms with Crippen molar-refractivity contribution in [3.63, 3.8) is 0 Å². The quantitative estimate of drug-likeness (QED) is 0.491. The van der Waals surface area contributed by atoms with Crippen molar-refractivity contribution in [3.05, 3.63) is 42.5 Å². The molecule has 1 N–H and O–H groups in total. The van der Waals surface area contributed by atoms with Gasteiger partial charge in [-0.3, -0.25) is 9.78 Å². The Morgan fingerprint density at radius 3 is 2.74 bits per heavy atom. The van der Waals surface area contributed by atoms with E-state index in [1.54, 1.807) is 4.52 Å². The summed E-state index contributed by atoms with van der Waals surface area (Å²) in [5.74, 6) is 0.564. The molecule has 0 aliphatic carbocycles. The van der Waals surface area contributed by atoms with Gasteiger partial charge in [-0.1, -0.05) is 0 Å². The van der Waals surface area contributed by atoms with E-state index < -0.39 is 6.43 Å². The van der Waals surface area contributed by atoms with Crippen LogP contribution in [0.1, 0.15) is 12.1 Å². The van der Waals surface area contributed by atoms with Crippen LogP contribution in [0.15, 0.2) is 36.8 Å². The number of hydrogen-bond donors (Lipinski definition) is 1. The number of nitrogens with zero attached hydrogens (tertiary/aromatic N) is 6. The third-order valence-corrected chi connectivity index (χ3v) is 5.15. The van der Waals surface area contributed by atoms with Crippen LogP contribution in [0.5, 0.6) is 0 Å². The van der Waals surface area contributed by atoms with Gasteiger partial charge in [-0.05, 0) is 18.2 Å². The van der Waals surface area contributed by atoms with Gasteiger partial charge >= 0.3 is 0 Å². The fourth-order valence-electron chi connectivity index (χ4n) is 3.64. The number of nitrogens with one attached hydrogen (secondary N) is 1. The van der Waals surface area contributed by atoms with Crippen molar-refractivity contribution in [2.24, 2.45) is 0 Å². The lowest BCUT2D eigenvalue weighted by Gasteiger charge is -2.28. The lowest BCUT2D eigenvalue weighted by Crippen LogP contribution is -2.36. The predicted molar refractivity (Wildman–Crippen MR) is 109 cm³/mol. The molecule has 158 valence electrons. The summed E-state index contributed by atoms with van der Waals surface area (Å²) in [6.45, 7) is 2.91. The second-order valence-electron chi connectivity index (χ2n) is 6.96. The van der Waals surface area contributed by atoms with Gasteiger partial charge in [0.15, 0.2) is 11.5 Å². The van der Waals surface area contributed by atoms with E-state index in [1.807, 2.05) is 18.3 Å². The van der Waals surface area contributed by atoms with E-state index in [1.165, 1.54) is 18.5 Å². The topological polar surface area (TPSA) is 97.5 Å². The van der Waals surface area contributed by atoms with E-state index in [0.717, 1.165) is 18.8 Å². The van der Waals surface area contributed by atoms with Crippen LogP contribution in [0.4, 0.5) is 20.3 Å². The SMILES string of the molecule is O=CNc1cc2c(-c3nc4ccc(N5CCOCC5)cn4n3)cnc(C(F)F)c2cn1. The number of hydrogen-bond acceptors (Lipinski definition) is 7. The van der Waals surface area contributed by atoms with E-state index in [9.17, 15) is 13.6 Å². The molecule has 11 heteroatoms. The van der Waals surface area contributed by atoms with Crippen molar-refractivity contribution >= 4 is 34.3 Å². The van der Waals surface area contributed by atoms with Crippen LogP contribution in [0.25, 0.3) is 27.8 Å². The molecule has 5 rings (SSSR count). The molecule has 0 saturated carbocycles. The first kappa shape index (κ1) is 19.2. The van der Waals surface area contributed by atoms with Crippen molar-refractivity contribution < 1.29 is 18.3 Å². The predicted octanol–water partition coefficient (Wildman–Crippen LogP) is 2.68. The Hall–Kier alpha value is -3.73. The maximum Gasteiger partial charge on any atom is 0.281 e. The number of carbonyl (C=O) groups excluding carboxylic acids is 1. The molecule has 0 bridgehead atoms. The van der Waals surface area contributed by atoms with E-state index in [-0.39, 0.29) is 16.9 Å². The summed E-state index contributed by atoms with van der Waals surface area (Å²) in [4.78, 5) is 25.5. The number of amides is 1. The minimum Gasteiger partial charge on any atom is -0.378 e. The van der Waals surface area contributed by atoms with Crippen molar-refractivity contribution in [3.8, 4) is 11.4 Å². The summed E-state index contributed by atoms with van der Waals surface area (Å²) in [5.41, 5.74) is 1.68. The Morgan fingerprint density at radius 2 is 1.97 bits per heavy atom. The molecule has 0 spiro atoms. The molecule has 9 nitrogen and oxygen atoms in total. The molecule has 0 aromatic carbocycles. The highest BCUT2D eigenvalue weighted by Crippen LogP contribution is 2.33. The third-order valence-electron chi connectivity index (χ3n) is 5.15. The Morgan fingerprint density at radius 1 is 1.13 bits per heavy atom. The number of aromatic nitrogens is 5. The van der Waals surface area contributed by atoms with E-state index >= 15 is 0 Å². The number of pyridine rings is 3. The summed E-state index contributed by atoms with van der Waals surface area (Å²) in [6, 6.07) is 5.33. The van der Waals surface area contributed by atoms with Crippen LogP contribution in [-0.2, 0) is 9.53 Å². The van der Waals surface area contributed by atoms with Gasteiger partial charge in [0.2, 0.25) is 6.41 Å².